The third-order valence-electron chi connectivity index (χ3n) is 3.03. The molecular weight excluding hydrogens is 222 g/mol. The topological polar surface area (TPSA) is 43.8 Å². The van der Waals surface area contributed by atoms with Crippen LogP contribution in [-0.2, 0) is 12.0 Å². The van der Waals surface area contributed by atoms with Gasteiger partial charge in [-0.05, 0) is 32.8 Å². The Morgan fingerprint density at radius 2 is 1.78 bits per heavy atom. The monoisotopic (exact) mass is 243 g/mol. The van der Waals surface area contributed by atoms with Crippen molar-refractivity contribution < 1.29 is 0 Å². The van der Waals surface area contributed by atoms with Gasteiger partial charge in [-0.3, -0.25) is 0 Å². The van der Waals surface area contributed by atoms with Crippen LogP contribution in [0, 0.1) is 0 Å². The van der Waals surface area contributed by atoms with E-state index in [4.69, 9.17) is 5.73 Å². The van der Waals surface area contributed by atoms with E-state index in [-0.39, 0.29) is 5.54 Å². The van der Waals surface area contributed by atoms with E-state index in [1.807, 2.05) is 10.7 Å². The molecule has 0 unspecified atom stereocenters. The minimum atomic E-state index is -0.0916. The summed E-state index contributed by atoms with van der Waals surface area (Å²) in [5, 5.41) is 4.60. The van der Waals surface area contributed by atoms with Crippen molar-refractivity contribution in [3.63, 3.8) is 0 Å². The van der Waals surface area contributed by atoms with Gasteiger partial charge in [0.25, 0.3) is 0 Å². The molecule has 18 heavy (non-hydrogen) atoms. The molecule has 0 atom stereocenters. The van der Waals surface area contributed by atoms with Crippen LogP contribution in [0.5, 0.6) is 0 Å². The fourth-order valence-electron chi connectivity index (χ4n) is 1.99. The van der Waals surface area contributed by atoms with Gasteiger partial charge in [0.2, 0.25) is 0 Å². The first kappa shape index (κ1) is 12.7. The Labute approximate surface area is 109 Å². The average Bonchev–Trinajstić information content (AvgIpc) is 2.71. The summed E-state index contributed by atoms with van der Waals surface area (Å²) in [6, 6.07) is 10.4. The van der Waals surface area contributed by atoms with Gasteiger partial charge in [-0.25, -0.2) is 4.68 Å². The van der Waals surface area contributed by atoms with Crippen molar-refractivity contribution in [2.75, 3.05) is 5.73 Å². The highest BCUT2D eigenvalue weighted by Crippen LogP contribution is 2.25. The van der Waals surface area contributed by atoms with E-state index in [0.717, 1.165) is 17.7 Å². The lowest BCUT2D eigenvalue weighted by atomic mass is 10.1. The zero-order valence-electron chi connectivity index (χ0n) is 11.6. The van der Waals surface area contributed by atoms with Crippen molar-refractivity contribution in [3.05, 3.63) is 35.9 Å². The van der Waals surface area contributed by atoms with Crippen LogP contribution < -0.4 is 5.73 Å². The van der Waals surface area contributed by atoms with Gasteiger partial charge in [0.1, 0.15) is 5.82 Å². The summed E-state index contributed by atoms with van der Waals surface area (Å²) in [6.45, 7) is 8.45. The van der Waals surface area contributed by atoms with Crippen molar-refractivity contribution in [1.29, 1.82) is 0 Å². The minimum Gasteiger partial charge on any atom is -0.384 e. The lowest BCUT2D eigenvalue weighted by molar-refractivity contribution is 0.362. The van der Waals surface area contributed by atoms with E-state index < -0.39 is 0 Å². The van der Waals surface area contributed by atoms with Crippen molar-refractivity contribution in [2.45, 2.75) is 39.7 Å². The van der Waals surface area contributed by atoms with Crippen LogP contribution in [0.2, 0.25) is 0 Å². The largest absolute Gasteiger partial charge is 0.384 e. The van der Waals surface area contributed by atoms with Crippen LogP contribution in [0.4, 0.5) is 5.82 Å². The number of aryl methyl sites for hydroxylation is 1. The Balaban J connectivity index is 2.39. The second-order valence-electron chi connectivity index (χ2n) is 5.59. The Kier molecular flexibility index (Phi) is 3.16. The Bertz CT molecular complexity index is 530. The summed E-state index contributed by atoms with van der Waals surface area (Å²) < 4.78 is 1.87. The quantitative estimate of drug-likeness (QED) is 0.878. The molecule has 0 radical (unpaired) electrons. The summed E-state index contributed by atoms with van der Waals surface area (Å²) in [6.07, 6.45) is 1.05. The molecule has 0 aliphatic carbocycles. The number of benzene rings is 1. The van der Waals surface area contributed by atoms with Crippen molar-refractivity contribution in [3.8, 4) is 11.3 Å². The zero-order valence-corrected chi connectivity index (χ0v) is 11.6. The Morgan fingerprint density at radius 1 is 1.17 bits per heavy atom. The minimum absolute atomic E-state index is 0.0916. The molecule has 0 saturated carbocycles. The third-order valence-corrected chi connectivity index (χ3v) is 3.03. The van der Waals surface area contributed by atoms with Gasteiger partial charge >= 0.3 is 0 Å². The third kappa shape index (κ3) is 2.40. The first-order valence-electron chi connectivity index (χ1n) is 6.37. The second kappa shape index (κ2) is 4.48. The van der Waals surface area contributed by atoms with Gasteiger partial charge in [0, 0.05) is 11.6 Å². The summed E-state index contributed by atoms with van der Waals surface area (Å²) in [7, 11) is 0. The van der Waals surface area contributed by atoms with Crippen LogP contribution in [0.15, 0.2) is 30.3 Å². The second-order valence-corrected chi connectivity index (χ2v) is 5.59. The SMILES string of the molecule is CCc1ccc(-c2cc(N)n(C(C)(C)C)n2)cc1. The molecule has 0 aliphatic heterocycles. The molecule has 1 heterocycles. The molecule has 2 aromatic rings. The smallest absolute Gasteiger partial charge is 0.122 e. The lowest BCUT2D eigenvalue weighted by Gasteiger charge is -2.20. The highest BCUT2D eigenvalue weighted by Gasteiger charge is 2.18. The van der Waals surface area contributed by atoms with Crippen LogP contribution in [0.3, 0.4) is 0 Å². The van der Waals surface area contributed by atoms with E-state index in [9.17, 15) is 0 Å². The number of aromatic nitrogens is 2. The molecule has 2 N–H and O–H groups in total. The number of anilines is 1. The number of nitrogens with zero attached hydrogens (tertiary/aromatic N) is 2. The molecule has 2 rings (SSSR count). The van der Waals surface area contributed by atoms with E-state index in [2.05, 4.69) is 57.1 Å². The summed E-state index contributed by atoms with van der Waals surface area (Å²) in [5.41, 5.74) is 9.31. The Hall–Kier alpha value is -1.77. The number of nitrogens with two attached hydrogens (primary N) is 1. The molecule has 3 nitrogen and oxygen atoms in total. The summed E-state index contributed by atoms with van der Waals surface area (Å²) >= 11 is 0. The highest BCUT2D eigenvalue weighted by molar-refractivity contribution is 5.62. The molecule has 0 spiro atoms. The van der Waals surface area contributed by atoms with Gasteiger partial charge in [-0.2, -0.15) is 5.10 Å². The van der Waals surface area contributed by atoms with Gasteiger partial charge in [0.15, 0.2) is 0 Å². The number of nitrogen functional groups attached to an aromatic ring is 1. The van der Waals surface area contributed by atoms with Crippen LogP contribution in [0.1, 0.15) is 33.3 Å². The molecular formula is C15H21N3. The van der Waals surface area contributed by atoms with E-state index in [1.54, 1.807) is 0 Å². The van der Waals surface area contributed by atoms with Crippen LogP contribution in [-0.4, -0.2) is 9.78 Å². The molecule has 0 aliphatic rings. The van der Waals surface area contributed by atoms with Crippen molar-refractivity contribution in [2.24, 2.45) is 0 Å². The average molecular weight is 243 g/mol. The standard InChI is InChI=1S/C15H21N3/c1-5-11-6-8-12(9-7-11)13-10-14(16)18(17-13)15(2,3)4/h6-10H,5,16H2,1-4H3. The van der Waals surface area contributed by atoms with E-state index >= 15 is 0 Å². The van der Waals surface area contributed by atoms with E-state index in [0.29, 0.717) is 5.82 Å². The van der Waals surface area contributed by atoms with Gasteiger partial charge in [0.05, 0.1) is 11.2 Å². The maximum atomic E-state index is 6.02. The summed E-state index contributed by atoms with van der Waals surface area (Å²) in [5.74, 6) is 0.706. The Morgan fingerprint density at radius 3 is 2.22 bits per heavy atom. The summed E-state index contributed by atoms with van der Waals surface area (Å²) in [4.78, 5) is 0. The van der Waals surface area contributed by atoms with Crippen molar-refractivity contribution >= 4 is 5.82 Å². The van der Waals surface area contributed by atoms with Crippen LogP contribution >= 0.6 is 0 Å². The molecule has 0 fully saturated rings. The normalized spacial score (nSPS) is 11.8. The van der Waals surface area contributed by atoms with Gasteiger partial charge in [-0.1, -0.05) is 31.2 Å². The molecule has 3 heteroatoms. The highest BCUT2D eigenvalue weighted by atomic mass is 15.3. The van der Waals surface area contributed by atoms with Gasteiger partial charge in [-0.15, -0.1) is 0 Å². The maximum Gasteiger partial charge on any atom is 0.122 e. The molecule has 0 saturated heterocycles. The molecule has 96 valence electrons. The fourth-order valence-corrected chi connectivity index (χ4v) is 1.99. The van der Waals surface area contributed by atoms with Crippen LogP contribution in [0.25, 0.3) is 11.3 Å². The predicted molar refractivity (Wildman–Crippen MR) is 76.4 cm³/mol. The van der Waals surface area contributed by atoms with Crippen molar-refractivity contribution in [1.82, 2.24) is 9.78 Å². The fraction of sp³-hybridized carbons (Fsp3) is 0.400. The first-order valence-corrected chi connectivity index (χ1v) is 6.37. The lowest BCUT2D eigenvalue weighted by Crippen LogP contribution is -2.24. The molecule has 0 amide bonds. The number of rotatable bonds is 2. The molecule has 1 aromatic heterocycles. The molecule has 0 bridgehead atoms. The molecule has 1 aromatic carbocycles. The predicted octanol–water partition coefficient (Wildman–Crippen LogP) is 3.45. The number of hydrogen-bond acceptors (Lipinski definition) is 2. The maximum absolute atomic E-state index is 6.02. The number of hydrogen-bond donors (Lipinski definition) is 1. The first-order chi connectivity index (χ1) is 8.41. The zero-order chi connectivity index (χ0) is 13.3. The van der Waals surface area contributed by atoms with E-state index in [1.165, 1.54) is 5.56 Å². The van der Waals surface area contributed by atoms with Gasteiger partial charge < -0.3 is 5.73 Å².